The molecular formula is C24H20ClN5OS2. The first kappa shape index (κ1) is 21.9. The van der Waals surface area contributed by atoms with E-state index in [2.05, 4.69) is 45.7 Å². The van der Waals surface area contributed by atoms with Crippen LogP contribution in [-0.2, 0) is 5.75 Å². The van der Waals surface area contributed by atoms with Gasteiger partial charge in [0.1, 0.15) is 0 Å². The monoisotopic (exact) mass is 493 g/mol. The molecule has 5 rings (SSSR count). The number of halogens is 1. The smallest absolute Gasteiger partial charge is 0.258 e. The Morgan fingerprint density at radius 2 is 1.88 bits per heavy atom. The number of aromatic nitrogens is 5. The molecule has 5 aromatic rings. The summed E-state index contributed by atoms with van der Waals surface area (Å²) < 4.78 is 3.64. The Bertz CT molecular complexity index is 1490. The summed E-state index contributed by atoms with van der Waals surface area (Å²) in [5, 5.41) is 12.3. The zero-order valence-corrected chi connectivity index (χ0v) is 20.4. The zero-order valence-electron chi connectivity index (χ0n) is 18.0. The molecule has 0 aliphatic heterocycles. The molecule has 0 aliphatic carbocycles. The number of hydrogen-bond acceptors (Lipinski definition) is 6. The highest BCUT2D eigenvalue weighted by atomic mass is 35.5. The summed E-state index contributed by atoms with van der Waals surface area (Å²) in [5.74, 6) is 1.57. The van der Waals surface area contributed by atoms with E-state index in [1.165, 1.54) is 28.7 Å². The van der Waals surface area contributed by atoms with Crippen molar-refractivity contribution in [3.63, 3.8) is 0 Å². The predicted octanol–water partition coefficient (Wildman–Crippen LogP) is 6.07. The molecule has 0 atom stereocenters. The molecule has 0 saturated heterocycles. The fourth-order valence-electron chi connectivity index (χ4n) is 3.65. The van der Waals surface area contributed by atoms with Gasteiger partial charge < -0.3 is 0 Å². The molecular weight excluding hydrogens is 474 g/mol. The van der Waals surface area contributed by atoms with Crippen molar-refractivity contribution in [1.82, 2.24) is 24.1 Å². The summed E-state index contributed by atoms with van der Waals surface area (Å²) in [4.78, 5) is 17.7. The summed E-state index contributed by atoms with van der Waals surface area (Å²) >= 11 is 9.07. The third-order valence-electron chi connectivity index (χ3n) is 5.24. The van der Waals surface area contributed by atoms with E-state index in [1.807, 2.05) is 41.8 Å². The lowest BCUT2D eigenvalue weighted by Crippen LogP contribution is -2.12. The first-order valence-electron chi connectivity index (χ1n) is 10.4. The van der Waals surface area contributed by atoms with Crippen LogP contribution in [0.15, 0.2) is 76.1 Å². The highest BCUT2D eigenvalue weighted by molar-refractivity contribution is 7.98. The number of thiazole rings is 1. The average molecular weight is 494 g/mol. The Morgan fingerprint density at radius 1 is 1.09 bits per heavy atom. The van der Waals surface area contributed by atoms with Gasteiger partial charge in [-0.05, 0) is 41.8 Å². The van der Waals surface area contributed by atoms with Crippen LogP contribution < -0.4 is 5.56 Å². The van der Waals surface area contributed by atoms with E-state index in [-0.39, 0.29) is 5.56 Å². The Balaban J connectivity index is 1.58. The standard InChI is InChI=1S/C24H20ClN5OS2/c1-15(2)19-5-3-4-6-20(19)30-22(16-7-9-17(25)10-8-16)27-28-24(30)33-14-18-13-21(31)29-11-12-32-23(29)26-18/h3-13,15H,14H2,1-2H3. The van der Waals surface area contributed by atoms with Gasteiger partial charge in [0.25, 0.3) is 5.56 Å². The van der Waals surface area contributed by atoms with Gasteiger partial charge in [0.05, 0.1) is 11.4 Å². The maximum atomic E-state index is 12.4. The highest BCUT2D eigenvalue weighted by Gasteiger charge is 2.20. The first-order valence-corrected chi connectivity index (χ1v) is 12.6. The van der Waals surface area contributed by atoms with Crippen LogP contribution in [-0.4, -0.2) is 24.1 Å². The molecule has 9 heteroatoms. The summed E-state index contributed by atoms with van der Waals surface area (Å²) in [7, 11) is 0. The SMILES string of the molecule is CC(C)c1ccccc1-n1c(SCc2cc(=O)n3ccsc3n2)nnc1-c1ccc(Cl)cc1. The molecule has 166 valence electrons. The van der Waals surface area contributed by atoms with Gasteiger partial charge in [-0.2, -0.15) is 0 Å². The van der Waals surface area contributed by atoms with E-state index in [0.717, 1.165) is 22.2 Å². The van der Waals surface area contributed by atoms with Gasteiger partial charge in [-0.15, -0.1) is 21.5 Å². The zero-order chi connectivity index (χ0) is 22.9. The average Bonchev–Trinajstić information content (AvgIpc) is 3.45. The van der Waals surface area contributed by atoms with Crippen molar-refractivity contribution < 1.29 is 0 Å². The summed E-state index contributed by atoms with van der Waals surface area (Å²) in [5.41, 5.74) is 3.80. The van der Waals surface area contributed by atoms with Crippen molar-refractivity contribution in [2.75, 3.05) is 0 Å². The first-order chi connectivity index (χ1) is 16.0. The third kappa shape index (κ3) is 4.34. The fraction of sp³-hybridized carbons (Fsp3) is 0.167. The van der Waals surface area contributed by atoms with Crippen molar-refractivity contribution in [1.29, 1.82) is 0 Å². The van der Waals surface area contributed by atoms with Crippen LogP contribution in [0.1, 0.15) is 31.0 Å². The van der Waals surface area contributed by atoms with Gasteiger partial charge in [-0.3, -0.25) is 13.8 Å². The molecule has 3 heterocycles. The van der Waals surface area contributed by atoms with Crippen molar-refractivity contribution in [2.24, 2.45) is 0 Å². The number of thioether (sulfide) groups is 1. The number of hydrogen-bond donors (Lipinski definition) is 0. The van der Waals surface area contributed by atoms with E-state index in [0.29, 0.717) is 27.3 Å². The number of benzene rings is 2. The van der Waals surface area contributed by atoms with E-state index in [9.17, 15) is 4.79 Å². The second kappa shape index (κ2) is 9.13. The second-order valence-corrected chi connectivity index (χ2v) is 10.0. The van der Waals surface area contributed by atoms with E-state index in [4.69, 9.17) is 11.6 Å². The third-order valence-corrected chi connectivity index (χ3v) is 7.21. The van der Waals surface area contributed by atoms with Crippen molar-refractivity contribution in [3.05, 3.63) is 92.8 Å². The minimum absolute atomic E-state index is 0.0784. The molecule has 3 aromatic heterocycles. The van der Waals surface area contributed by atoms with E-state index < -0.39 is 0 Å². The van der Waals surface area contributed by atoms with Crippen LogP contribution in [0.2, 0.25) is 5.02 Å². The predicted molar refractivity (Wildman–Crippen MR) is 135 cm³/mol. The minimum Gasteiger partial charge on any atom is -0.270 e. The van der Waals surface area contributed by atoms with Crippen molar-refractivity contribution >= 4 is 39.7 Å². The van der Waals surface area contributed by atoms with Gasteiger partial charge in [0.15, 0.2) is 15.9 Å². The molecule has 0 bridgehead atoms. The number of fused-ring (bicyclic) bond motifs is 1. The van der Waals surface area contributed by atoms with E-state index in [1.54, 1.807) is 16.7 Å². The van der Waals surface area contributed by atoms with Crippen LogP contribution in [0.25, 0.3) is 22.0 Å². The Hall–Kier alpha value is -2.94. The molecule has 0 amide bonds. The van der Waals surface area contributed by atoms with Gasteiger partial charge in [0, 0.05) is 34.0 Å². The summed E-state index contributed by atoms with van der Waals surface area (Å²) in [6, 6.07) is 17.5. The van der Waals surface area contributed by atoms with Gasteiger partial charge in [-0.1, -0.05) is 55.4 Å². The molecule has 0 spiro atoms. The maximum absolute atomic E-state index is 12.4. The Kier molecular flexibility index (Phi) is 6.05. The molecule has 6 nitrogen and oxygen atoms in total. The molecule has 0 saturated carbocycles. The van der Waals surface area contributed by atoms with Crippen LogP contribution in [0.3, 0.4) is 0 Å². The Morgan fingerprint density at radius 3 is 2.67 bits per heavy atom. The van der Waals surface area contributed by atoms with Crippen LogP contribution in [0.5, 0.6) is 0 Å². The topological polar surface area (TPSA) is 65.1 Å². The lowest BCUT2D eigenvalue weighted by molar-refractivity contribution is 0.818. The molecule has 2 aromatic carbocycles. The number of rotatable bonds is 6. The Labute approximate surface area is 203 Å². The highest BCUT2D eigenvalue weighted by Crippen LogP contribution is 2.33. The van der Waals surface area contributed by atoms with Crippen molar-refractivity contribution in [3.8, 4) is 17.1 Å². The van der Waals surface area contributed by atoms with Crippen molar-refractivity contribution in [2.45, 2.75) is 30.7 Å². The largest absolute Gasteiger partial charge is 0.270 e. The van der Waals surface area contributed by atoms with Crippen LogP contribution >= 0.6 is 34.7 Å². The maximum Gasteiger partial charge on any atom is 0.258 e. The molecule has 0 unspecified atom stereocenters. The summed E-state index contributed by atoms with van der Waals surface area (Å²) in [6.07, 6.45) is 1.74. The lowest BCUT2D eigenvalue weighted by Gasteiger charge is -2.17. The second-order valence-electron chi connectivity index (χ2n) is 7.79. The fourth-order valence-corrected chi connectivity index (χ4v) is 5.35. The van der Waals surface area contributed by atoms with Crippen LogP contribution in [0.4, 0.5) is 0 Å². The lowest BCUT2D eigenvalue weighted by atomic mass is 10.0. The molecule has 0 radical (unpaired) electrons. The number of nitrogens with zero attached hydrogens (tertiary/aromatic N) is 5. The molecule has 33 heavy (non-hydrogen) atoms. The van der Waals surface area contributed by atoms with Gasteiger partial charge in [0.2, 0.25) is 0 Å². The minimum atomic E-state index is -0.0784. The van der Waals surface area contributed by atoms with Crippen LogP contribution in [0, 0.1) is 0 Å². The van der Waals surface area contributed by atoms with Gasteiger partial charge >= 0.3 is 0 Å². The molecule has 0 N–H and O–H groups in total. The molecule has 0 aliphatic rings. The normalized spacial score (nSPS) is 11.5. The van der Waals surface area contributed by atoms with Gasteiger partial charge in [-0.25, -0.2) is 4.98 Å². The van der Waals surface area contributed by atoms with E-state index >= 15 is 0 Å². The summed E-state index contributed by atoms with van der Waals surface area (Å²) in [6.45, 7) is 4.34. The molecule has 0 fully saturated rings. The quantitative estimate of drug-likeness (QED) is 0.268. The number of para-hydroxylation sites is 1.